The Morgan fingerprint density at radius 2 is 1.81 bits per heavy atom. The number of hydrogen-bond acceptors (Lipinski definition) is 5. The first kappa shape index (κ1) is 23.8. The molecule has 0 unspecified atom stereocenters. The summed E-state index contributed by atoms with van der Waals surface area (Å²) in [6, 6.07) is 7.67. The van der Waals surface area contributed by atoms with Crippen LogP contribution in [0.2, 0.25) is 0 Å². The lowest BCUT2D eigenvalue weighted by Gasteiger charge is -2.40. The monoisotopic (exact) mass is 442 g/mol. The normalized spacial score (nSPS) is 20.9. The summed E-state index contributed by atoms with van der Waals surface area (Å²) in [5.74, 6) is 0.556. The van der Waals surface area contributed by atoms with Crippen LogP contribution in [0.3, 0.4) is 0 Å². The Morgan fingerprint density at radius 1 is 1.09 bits per heavy atom. The lowest BCUT2D eigenvalue weighted by Crippen LogP contribution is -2.52. The van der Waals surface area contributed by atoms with E-state index in [9.17, 15) is 14.4 Å². The summed E-state index contributed by atoms with van der Waals surface area (Å²) in [5.41, 5.74) is 0.444. The fourth-order valence-electron chi connectivity index (χ4n) is 4.17. The summed E-state index contributed by atoms with van der Waals surface area (Å²) in [6.07, 6.45) is 6.63. The zero-order valence-electron chi connectivity index (χ0n) is 19.1. The first-order chi connectivity index (χ1) is 15.4. The largest absolute Gasteiger partial charge is 0.483 e. The number of carbonyl (C=O) groups is 3. The van der Waals surface area contributed by atoms with Crippen LogP contribution in [0.1, 0.15) is 24.8 Å². The standard InChI is InChI=1S/C24H34N4O4/c1-27(2)17-22(30)28-15-11-24(12-16-28)10-6-5-8-19-7-3-4-9-20(19)32-18-21(29)25-13-14-26-23(24)31/h3-7,9H,8,10-18H2,1-2H3,(H,25,29)(H,26,31)/b6-5+. The number of hydrogen-bond donors (Lipinski definition) is 2. The van der Waals surface area contributed by atoms with E-state index in [0.717, 1.165) is 5.56 Å². The second-order valence-electron chi connectivity index (χ2n) is 8.78. The molecule has 2 aliphatic rings. The van der Waals surface area contributed by atoms with E-state index in [0.29, 0.717) is 64.2 Å². The molecular formula is C24H34N4O4. The van der Waals surface area contributed by atoms with E-state index >= 15 is 0 Å². The number of likely N-dealkylation sites (tertiary alicyclic amines) is 1. The molecule has 1 aromatic rings. The van der Waals surface area contributed by atoms with Crippen molar-refractivity contribution in [3.8, 4) is 5.75 Å². The number of ether oxygens (including phenoxy) is 1. The van der Waals surface area contributed by atoms with Gasteiger partial charge in [-0.15, -0.1) is 0 Å². The van der Waals surface area contributed by atoms with Gasteiger partial charge in [0.1, 0.15) is 5.75 Å². The molecule has 1 saturated heterocycles. The molecule has 8 nitrogen and oxygen atoms in total. The van der Waals surface area contributed by atoms with Gasteiger partial charge in [0.15, 0.2) is 6.61 Å². The maximum Gasteiger partial charge on any atom is 0.258 e. The van der Waals surface area contributed by atoms with Crippen LogP contribution in [0.5, 0.6) is 5.75 Å². The van der Waals surface area contributed by atoms with Gasteiger partial charge in [0, 0.05) is 26.2 Å². The first-order valence-corrected chi connectivity index (χ1v) is 11.2. The Kier molecular flexibility index (Phi) is 8.27. The zero-order valence-corrected chi connectivity index (χ0v) is 19.1. The molecule has 3 amide bonds. The van der Waals surface area contributed by atoms with Crippen LogP contribution in [-0.4, -0.2) is 80.9 Å². The van der Waals surface area contributed by atoms with Gasteiger partial charge < -0.3 is 25.2 Å². The number of piperidine rings is 1. The van der Waals surface area contributed by atoms with Crippen molar-refractivity contribution in [2.75, 3.05) is 53.4 Å². The smallest absolute Gasteiger partial charge is 0.258 e. The molecule has 1 fully saturated rings. The predicted octanol–water partition coefficient (Wildman–Crippen LogP) is 0.971. The minimum Gasteiger partial charge on any atom is -0.483 e. The van der Waals surface area contributed by atoms with Crippen LogP contribution < -0.4 is 15.4 Å². The molecule has 0 aliphatic carbocycles. The quantitative estimate of drug-likeness (QED) is 0.666. The van der Waals surface area contributed by atoms with Crippen LogP contribution in [0.15, 0.2) is 36.4 Å². The molecule has 0 saturated carbocycles. The van der Waals surface area contributed by atoms with Crippen molar-refractivity contribution in [1.82, 2.24) is 20.4 Å². The van der Waals surface area contributed by atoms with Crippen LogP contribution >= 0.6 is 0 Å². The topological polar surface area (TPSA) is 91.0 Å². The Balaban J connectivity index is 1.73. The third kappa shape index (κ3) is 6.32. The maximum atomic E-state index is 13.2. The first-order valence-electron chi connectivity index (χ1n) is 11.2. The highest BCUT2D eigenvalue weighted by atomic mass is 16.5. The molecule has 0 radical (unpaired) electrons. The molecule has 32 heavy (non-hydrogen) atoms. The highest BCUT2D eigenvalue weighted by molar-refractivity contribution is 5.84. The van der Waals surface area contributed by atoms with Gasteiger partial charge in [0.25, 0.3) is 5.91 Å². The van der Waals surface area contributed by atoms with Crippen molar-refractivity contribution in [3.05, 3.63) is 42.0 Å². The van der Waals surface area contributed by atoms with Gasteiger partial charge in [-0.3, -0.25) is 14.4 Å². The Morgan fingerprint density at radius 3 is 2.56 bits per heavy atom. The van der Waals surface area contributed by atoms with Gasteiger partial charge in [-0.05, 0) is 51.4 Å². The van der Waals surface area contributed by atoms with E-state index in [2.05, 4.69) is 22.8 Å². The Hall–Kier alpha value is -2.87. The van der Waals surface area contributed by atoms with Crippen molar-refractivity contribution < 1.29 is 19.1 Å². The van der Waals surface area contributed by atoms with Crippen LogP contribution in [0, 0.1) is 5.41 Å². The average Bonchev–Trinajstić information content (AvgIpc) is 2.78. The predicted molar refractivity (Wildman–Crippen MR) is 122 cm³/mol. The summed E-state index contributed by atoms with van der Waals surface area (Å²) in [6.45, 7) is 2.16. The van der Waals surface area contributed by atoms with E-state index in [1.807, 2.05) is 48.2 Å². The van der Waals surface area contributed by atoms with Crippen molar-refractivity contribution in [2.24, 2.45) is 5.41 Å². The van der Waals surface area contributed by atoms with Crippen molar-refractivity contribution in [2.45, 2.75) is 25.7 Å². The van der Waals surface area contributed by atoms with Crippen LogP contribution in [-0.2, 0) is 20.8 Å². The Labute approximate surface area is 190 Å². The maximum absolute atomic E-state index is 13.2. The number of nitrogens with zero attached hydrogens (tertiary/aromatic N) is 2. The summed E-state index contributed by atoms with van der Waals surface area (Å²) in [5, 5.41) is 5.77. The van der Waals surface area contributed by atoms with Crippen LogP contribution in [0.25, 0.3) is 0 Å². The summed E-state index contributed by atoms with van der Waals surface area (Å²) in [4.78, 5) is 41.4. The summed E-state index contributed by atoms with van der Waals surface area (Å²) in [7, 11) is 3.76. The second kappa shape index (κ2) is 11.1. The minimum absolute atomic E-state index is 0.0115. The minimum atomic E-state index is -0.550. The van der Waals surface area contributed by atoms with Gasteiger partial charge >= 0.3 is 0 Å². The van der Waals surface area contributed by atoms with E-state index < -0.39 is 5.41 Å². The average molecular weight is 443 g/mol. The Bertz CT molecular complexity index is 844. The molecular weight excluding hydrogens is 408 g/mol. The number of fused-ring (bicyclic) bond motifs is 1. The molecule has 1 spiro atoms. The highest BCUT2D eigenvalue weighted by Crippen LogP contribution is 2.36. The van der Waals surface area contributed by atoms with Gasteiger partial charge in [-0.1, -0.05) is 30.4 Å². The summed E-state index contributed by atoms with van der Waals surface area (Å²) < 4.78 is 5.69. The van der Waals surface area contributed by atoms with Crippen molar-refractivity contribution >= 4 is 17.7 Å². The van der Waals surface area contributed by atoms with E-state index in [1.165, 1.54) is 0 Å². The number of carbonyl (C=O) groups excluding carboxylic acids is 3. The number of rotatable bonds is 2. The third-order valence-electron chi connectivity index (χ3n) is 6.08. The fourth-order valence-corrected chi connectivity index (χ4v) is 4.17. The molecule has 2 aliphatic heterocycles. The molecule has 3 rings (SSSR count). The van der Waals surface area contributed by atoms with Crippen LogP contribution in [0.4, 0.5) is 0 Å². The molecule has 0 aromatic heterocycles. The highest BCUT2D eigenvalue weighted by Gasteiger charge is 2.41. The van der Waals surface area contributed by atoms with E-state index in [-0.39, 0.29) is 24.3 Å². The lowest BCUT2D eigenvalue weighted by atomic mass is 9.74. The molecule has 1 aromatic carbocycles. The SMILES string of the molecule is CN(C)CC(=O)N1CCC2(C/C=C/Cc3ccccc3OCC(=O)NCCNC2=O)CC1. The number of nitrogens with one attached hydrogen (secondary N) is 2. The molecule has 0 bridgehead atoms. The molecule has 0 atom stereocenters. The number of likely N-dealkylation sites (N-methyl/N-ethyl adjacent to an activating group) is 1. The van der Waals surface area contributed by atoms with Gasteiger partial charge in [-0.25, -0.2) is 0 Å². The number of para-hydroxylation sites is 1. The van der Waals surface area contributed by atoms with E-state index in [4.69, 9.17) is 4.74 Å². The van der Waals surface area contributed by atoms with Crippen molar-refractivity contribution in [1.29, 1.82) is 0 Å². The van der Waals surface area contributed by atoms with Gasteiger partial charge in [0.2, 0.25) is 11.8 Å². The molecule has 174 valence electrons. The number of benzene rings is 1. The van der Waals surface area contributed by atoms with E-state index in [1.54, 1.807) is 0 Å². The second-order valence-corrected chi connectivity index (χ2v) is 8.78. The number of allylic oxidation sites excluding steroid dienone is 2. The lowest BCUT2D eigenvalue weighted by molar-refractivity contribution is -0.140. The fraction of sp³-hybridized carbons (Fsp3) is 0.542. The van der Waals surface area contributed by atoms with Gasteiger partial charge in [0.05, 0.1) is 12.0 Å². The zero-order chi connectivity index (χ0) is 23.0. The summed E-state index contributed by atoms with van der Waals surface area (Å²) >= 11 is 0. The third-order valence-corrected chi connectivity index (χ3v) is 6.08. The molecule has 8 heteroatoms. The van der Waals surface area contributed by atoms with Crippen molar-refractivity contribution in [3.63, 3.8) is 0 Å². The number of amides is 3. The molecule has 2 N–H and O–H groups in total. The molecule has 2 heterocycles. The van der Waals surface area contributed by atoms with Gasteiger partial charge in [-0.2, -0.15) is 0 Å².